The molecule has 2 amide bonds. The molecule has 170 valence electrons. The molecule has 2 aromatic rings. The van der Waals surface area contributed by atoms with Crippen LogP contribution in [0.3, 0.4) is 0 Å². The zero-order chi connectivity index (χ0) is 22.7. The van der Waals surface area contributed by atoms with Crippen LogP contribution in [0, 0.1) is 19.8 Å². The molecule has 0 saturated carbocycles. The lowest BCUT2D eigenvalue weighted by Crippen LogP contribution is -2.52. The third-order valence-electron chi connectivity index (χ3n) is 6.98. The van der Waals surface area contributed by atoms with E-state index >= 15 is 0 Å². The minimum absolute atomic E-state index is 0.0159. The third-order valence-corrected chi connectivity index (χ3v) is 6.98. The lowest BCUT2D eigenvalue weighted by molar-refractivity contribution is -0.137. The largest absolute Gasteiger partial charge is 0.497 e. The van der Waals surface area contributed by atoms with Crippen molar-refractivity contribution in [3.8, 4) is 5.75 Å². The van der Waals surface area contributed by atoms with Crippen LogP contribution in [0.15, 0.2) is 42.5 Å². The summed E-state index contributed by atoms with van der Waals surface area (Å²) in [6.07, 6.45) is 1.47. The summed E-state index contributed by atoms with van der Waals surface area (Å²) >= 11 is 0. The van der Waals surface area contributed by atoms with Crippen LogP contribution in [0.5, 0.6) is 5.75 Å². The van der Waals surface area contributed by atoms with Gasteiger partial charge in [-0.3, -0.25) is 9.59 Å². The lowest BCUT2D eigenvalue weighted by Gasteiger charge is -2.40. The monoisotopic (exact) mass is 435 g/mol. The molecule has 6 heteroatoms. The van der Waals surface area contributed by atoms with Gasteiger partial charge in [0, 0.05) is 56.4 Å². The first-order chi connectivity index (χ1) is 15.5. The number of ether oxygens (including phenoxy) is 1. The number of rotatable bonds is 4. The van der Waals surface area contributed by atoms with Crippen molar-refractivity contribution in [2.24, 2.45) is 5.92 Å². The highest BCUT2D eigenvalue weighted by Crippen LogP contribution is 2.26. The number of anilines is 1. The van der Waals surface area contributed by atoms with Gasteiger partial charge in [0.2, 0.25) is 5.91 Å². The van der Waals surface area contributed by atoms with E-state index in [0.29, 0.717) is 18.7 Å². The number of aryl methyl sites for hydroxylation is 1. The van der Waals surface area contributed by atoms with Gasteiger partial charge in [-0.05, 0) is 68.1 Å². The minimum Gasteiger partial charge on any atom is -0.497 e. The summed E-state index contributed by atoms with van der Waals surface area (Å²) < 4.78 is 5.17. The summed E-state index contributed by atoms with van der Waals surface area (Å²) in [6, 6.07) is 13.6. The van der Waals surface area contributed by atoms with Gasteiger partial charge in [0.1, 0.15) is 5.75 Å². The molecule has 2 aliphatic heterocycles. The van der Waals surface area contributed by atoms with Gasteiger partial charge in [0.25, 0.3) is 5.91 Å². The van der Waals surface area contributed by atoms with E-state index in [1.165, 1.54) is 16.8 Å². The fraction of sp³-hybridized carbons (Fsp3) is 0.462. The van der Waals surface area contributed by atoms with Crippen LogP contribution >= 0.6 is 0 Å². The first kappa shape index (κ1) is 22.2. The van der Waals surface area contributed by atoms with Crippen molar-refractivity contribution in [3.05, 3.63) is 59.2 Å². The van der Waals surface area contributed by atoms with E-state index in [-0.39, 0.29) is 17.7 Å². The number of amides is 2. The van der Waals surface area contributed by atoms with Crippen LogP contribution < -0.4 is 9.64 Å². The second-order valence-corrected chi connectivity index (χ2v) is 8.83. The number of benzene rings is 2. The quantitative estimate of drug-likeness (QED) is 0.738. The van der Waals surface area contributed by atoms with Crippen molar-refractivity contribution in [2.75, 3.05) is 51.3 Å². The molecular formula is C26H33N3O3. The Morgan fingerprint density at radius 1 is 0.844 bits per heavy atom. The molecule has 0 aliphatic carbocycles. The molecule has 2 heterocycles. The normalized spacial score (nSPS) is 17.4. The highest BCUT2D eigenvalue weighted by atomic mass is 16.5. The van der Waals surface area contributed by atoms with Gasteiger partial charge < -0.3 is 19.4 Å². The number of piperazine rings is 1. The Bertz CT molecular complexity index is 957. The Balaban J connectivity index is 1.28. The molecule has 2 fully saturated rings. The van der Waals surface area contributed by atoms with Crippen molar-refractivity contribution in [1.29, 1.82) is 0 Å². The van der Waals surface area contributed by atoms with E-state index in [1.807, 2.05) is 9.80 Å². The van der Waals surface area contributed by atoms with Crippen molar-refractivity contribution in [2.45, 2.75) is 26.7 Å². The summed E-state index contributed by atoms with van der Waals surface area (Å²) in [5.74, 6) is 1.04. The molecule has 0 unspecified atom stereocenters. The average molecular weight is 436 g/mol. The Kier molecular flexibility index (Phi) is 6.68. The van der Waals surface area contributed by atoms with Gasteiger partial charge in [0.15, 0.2) is 0 Å². The Morgan fingerprint density at radius 2 is 1.50 bits per heavy atom. The Labute approximate surface area is 190 Å². The van der Waals surface area contributed by atoms with Crippen LogP contribution in [-0.2, 0) is 4.79 Å². The summed E-state index contributed by atoms with van der Waals surface area (Å²) in [5, 5.41) is 0. The second kappa shape index (κ2) is 9.63. The van der Waals surface area contributed by atoms with Crippen LogP contribution in [0.2, 0.25) is 0 Å². The van der Waals surface area contributed by atoms with E-state index in [9.17, 15) is 9.59 Å². The van der Waals surface area contributed by atoms with Gasteiger partial charge in [0.05, 0.1) is 7.11 Å². The fourth-order valence-electron chi connectivity index (χ4n) is 4.75. The molecule has 6 nitrogen and oxygen atoms in total. The Hall–Kier alpha value is -3.02. The first-order valence-corrected chi connectivity index (χ1v) is 11.5. The number of methoxy groups -OCH3 is 1. The van der Waals surface area contributed by atoms with Gasteiger partial charge >= 0.3 is 0 Å². The van der Waals surface area contributed by atoms with Crippen LogP contribution in [-0.4, -0.2) is 68.0 Å². The smallest absolute Gasteiger partial charge is 0.253 e. The summed E-state index contributed by atoms with van der Waals surface area (Å²) in [5.41, 5.74) is 4.57. The number of nitrogens with zero attached hydrogens (tertiary/aromatic N) is 3. The third kappa shape index (κ3) is 4.59. The summed E-state index contributed by atoms with van der Waals surface area (Å²) in [6.45, 7) is 8.82. The predicted molar refractivity (Wildman–Crippen MR) is 126 cm³/mol. The average Bonchev–Trinajstić information content (AvgIpc) is 2.85. The molecule has 0 atom stereocenters. The number of piperidine rings is 1. The molecule has 2 aromatic carbocycles. The topological polar surface area (TPSA) is 53.1 Å². The second-order valence-electron chi connectivity index (χ2n) is 8.83. The van der Waals surface area contributed by atoms with E-state index in [0.717, 1.165) is 44.8 Å². The van der Waals surface area contributed by atoms with E-state index in [2.05, 4.69) is 36.9 Å². The standard InChI is InChI=1S/C26H33N3O3/c1-19-5-4-6-24(20(19)2)27-15-17-29(18-16-27)26(31)22-11-13-28(14-12-22)25(30)21-7-9-23(32-3)10-8-21/h4-10,22H,11-18H2,1-3H3. The number of hydrogen-bond acceptors (Lipinski definition) is 4. The SMILES string of the molecule is COc1ccc(C(=O)N2CCC(C(=O)N3CCN(c4cccc(C)c4C)CC3)CC2)cc1. The van der Waals surface area contributed by atoms with Gasteiger partial charge in [-0.25, -0.2) is 0 Å². The number of carbonyl (C=O) groups is 2. The van der Waals surface area contributed by atoms with E-state index in [4.69, 9.17) is 4.74 Å². The summed E-state index contributed by atoms with van der Waals surface area (Å²) in [7, 11) is 1.61. The highest BCUT2D eigenvalue weighted by molar-refractivity contribution is 5.94. The molecule has 4 rings (SSSR count). The highest BCUT2D eigenvalue weighted by Gasteiger charge is 2.32. The van der Waals surface area contributed by atoms with Crippen LogP contribution in [0.4, 0.5) is 5.69 Å². The molecule has 0 spiro atoms. The van der Waals surface area contributed by atoms with Crippen molar-refractivity contribution < 1.29 is 14.3 Å². The first-order valence-electron chi connectivity index (χ1n) is 11.5. The summed E-state index contributed by atoms with van der Waals surface area (Å²) in [4.78, 5) is 32.2. The van der Waals surface area contributed by atoms with E-state index in [1.54, 1.807) is 31.4 Å². The molecule has 0 bridgehead atoms. The maximum atomic E-state index is 13.1. The van der Waals surface area contributed by atoms with Crippen LogP contribution in [0.1, 0.15) is 34.3 Å². The molecule has 0 aromatic heterocycles. The van der Waals surface area contributed by atoms with E-state index < -0.39 is 0 Å². The maximum Gasteiger partial charge on any atom is 0.253 e. The molecule has 2 saturated heterocycles. The molecular weight excluding hydrogens is 402 g/mol. The van der Waals surface area contributed by atoms with Crippen molar-refractivity contribution in [1.82, 2.24) is 9.80 Å². The zero-order valence-corrected chi connectivity index (χ0v) is 19.3. The number of carbonyl (C=O) groups excluding carboxylic acids is 2. The fourth-order valence-corrected chi connectivity index (χ4v) is 4.75. The molecule has 2 aliphatic rings. The molecule has 0 radical (unpaired) electrons. The number of hydrogen-bond donors (Lipinski definition) is 0. The van der Waals surface area contributed by atoms with Gasteiger partial charge in [-0.1, -0.05) is 12.1 Å². The Morgan fingerprint density at radius 3 is 2.12 bits per heavy atom. The van der Waals surface area contributed by atoms with Gasteiger partial charge in [-0.2, -0.15) is 0 Å². The number of likely N-dealkylation sites (tertiary alicyclic amines) is 1. The van der Waals surface area contributed by atoms with Crippen LogP contribution in [0.25, 0.3) is 0 Å². The lowest BCUT2D eigenvalue weighted by atomic mass is 9.94. The van der Waals surface area contributed by atoms with Gasteiger partial charge in [-0.15, -0.1) is 0 Å². The van der Waals surface area contributed by atoms with Crippen molar-refractivity contribution in [3.63, 3.8) is 0 Å². The van der Waals surface area contributed by atoms with Crippen molar-refractivity contribution >= 4 is 17.5 Å². The zero-order valence-electron chi connectivity index (χ0n) is 19.3. The molecule has 0 N–H and O–H groups in total. The minimum atomic E-state index is 0.0159. The molecule has 32 heavy (non-hydrogen) atoms. The maximum absolute atomic E-state index is 13.1. The predicted octanol–water partition coefficient (Wildman–Crippen LogP) is 3.51.